The summed E-state index contributed by atoms with van der Waals surface area (Å²) < 4.78 is 15.8. The summed E-state index contributed by atoms with van der Waals surface area (Å²) in [6, 6.07) is 10.1. The van der Waals surface area contributed by atoms with Crippen LogP contribution in [0.2, 0.25) is 0 Å². The van der Waals surface area contributed by atoms with Crippen LogP contribution in [0.4, 0.5) is 4.39 Å². The lowest BCUT2D eigenvalue weighted by Gasteiger charge is -2.13. The van der Waals surface area contributed by atoms with E-state index < -0.39 is 11.8 Å². The quantitative estimate of drug-likeness (QED) is 0.698. The van der Waals surface area contributed by atoms with E-state index in [1.807, 2.05) is 31.2 Å². The van der Waals surface area contributed by atoms with E-state index in [2.05, 4.69) is 11.9 Å². The van der Waals surface area contributed by atoms with Crippen molar-refractivity contribution in [3.63, 3.8) is 0 Å². The number of carboxylic acid groups (broad SMARTS) is 1. The number of halogens is 1. The second kappa shape index (κ2) is 7.53. The van der Waals surface area contributed by atoms with Crippen molar-refractivity contribution in [3.05, 3.63) is 75.6 Å². The fourth-order valence-electron chi connectivity index (χ4n) is 2.94. The molecule has 3 aromatic rings. The molecule has 3 rings (SSSR count). The monoisotopic (exact) mass is 366 g/mol. The van der Waals surface area contributed by atoms with Gasteiger partial charge in [0.25, 0.3) is 5.56 Å². The highest BCUT2D eigenvalue weighted by Gasteiger charge is 2.14. The molecule has 0 aliphatic heterocycles. The second-order valence-electron chi connectivity index (χ2n) is 6.10. The molecule has 2 aromatic carbocycles. The van der Waals surface area contributed by atoms with Crippen LogP contribution >= 0.6 is 0 Å². The molecule has 1 N–H and O–H groups in total. The van der Waals surface area contributed by atoms with E-state index in [0.717, 1.165) is 24.1 Å². The predicted molar refractivity (Wildman–Crippen MR) is 103 cm³/mol. The predicted octanol–water partition coefficient (Wildman–Crippen LogP) is 3.75. The van der Waals surface area contributed by atoms with Crippen molar-refractivity contribution in [3.8, 4) is 5.69 Å². The molecular weight excluding hydrogens is 347 g/mol. The van der Waals surface area contributed by atoms with E-state index >= 15 is 0 Å². The molecule has 0 spiro atoms. The Kier molecular flexibility index (Phi) is 5.16. The molecule has 0 aliphatic rings. The highest BCUT2D eigenvalue weighted by molar-refractivity contribution is 5.87. The molecule has 138 valence electrons. The highest BCUT2D eigenvalue weighted by atomic mass is 19.1. The van der Waals surface area contributed by atoms with Crippen LogP contribution in [0.1, 0.15) is 30.8 Å². The number of rotatable bonds is 5. The standard InChI is InChI=1S/C21H19FN2O3/c1-3-13-5-8-15(9-6-13)24-19(4-2)23-18-12-17(22)14(7-10-20(25)26)11-16(18)21(24)27/h5-12H,3-4H2,1-2H3,(H,25,26). The number of aromatic nitrogens is 2. The van der Waals surface area contributed by atoms with Gasteiger partial charge in [-0.3, -0.25) is 9.36 Å². The average molecular weight is 366 g/mol. The van der Waals surface area contributed by atoms with Crippen molar-refractivity contribution in [1.29, 1.82) is 0 Å². The van der Waals surface area contributed by atoms with E-state index in [9.17, 15) is 14.0 Å². The van der Waals surface area contributed by atoms with Gasteiger partial charge >= 0.3 is 5.97 Å². The summed E-state index contributed by atoms with van der Waals surface area (Å²) in [6.45, 7) is 3.93. The van der Waals surface area contributed by atoms with Gasteiger partial charge in [-0.15, -0.1) is 0 Å². The molecule has 0 atom stereocenters. The molecule has 1 aromatic heterocycles. The maximum Gasteiger partial charge on any atom is 0.328 e. The number of nitrogens with zero attached hydrogens (tertiary/aromatic N) is 2. The smallest absolute Gasteiger partial charge is 0.328 e. The third-order valence-electron chi connectivity index (χ3n) is 4.38. The fourth-order valence-corrected chi connectivity index (χ4v) is 2.94. The Morgan fingerprint density at radius 3 is 2.48 bits per heavy atom. The maximum atomic E-state index is 14.3. The van der Waals surface area contributed by atoms with E-state index in [1.165, 1.54) is 16.7 Å². The largest absolute Gasteiger partial charge is 0.478 e. The molecule has 0 unspecified atom stereocenters. The number of benzene rings is 2. The Labute approximate surface area is 155 Å². The number of hydrogen-bond acceptors (Lipinski definition) is 3. The van der Waals surface area contributed by atoms with E-state index in [4.69, 9.17) is 5.11 Å². The molecule has 0 saturated heterocycles. The van der Waals surface area contributed by atoms with Crippen molar-refractivity contribution in [2.75, 3.05) is 0 Å². The number of aliphatic carboxylic acids is 1. The molecule has 0 bridgehead atoms. The molecule has 0 aliphatic carbocycles. The van der Waals surface area contributed by atoms with Gasteiger partial charge in [-0.1, -0.05) is 26.0 Å². The molecular formula is C21H19FN2O3. The van der Waals surface area contributed by atoms with Gasteiger partial charge in [0.2, 0.25) is 0 Å². The number of carboxylic acids is 1. The first-order valence-electron chi connectivity index (χ1n) is 8.70. The SMILES string of the molecule is CCc1ccc(-n2c(CC)nc3cc(F)c(C=CC(=O)O)cc3c2=O)cc1. The molecule has 0 amide bonds. The van der Waals surface area contributed by atoms with Crippen molar-refractivity contribution in [2.45, 2.75) is 26.7 Å². The van der Waals surface area contributed by atoms with Gasteiger partial charge < -0.3 is 5.11 Å². The zero-order valence-electron chi connectivity index (χ0n) is 15.1. The number of carbonyl (C=O) groups is 1. The Hall–Kier alpha value is -3.28. The van der Waals surface area contributed by atoms with Crippen LogP contribution in [0.15, 0.2) is 47.3 Å². The Balaban J connectivity index is 2.26. The number of hydrogen-bond donors (Lipinski definition) is 1. The third kappa shape index (κ3) is 3.65. The molecule has 5 nitrogen and oxygen atoms in total. The van der Waals surface area contributed by atoms with Crippen LogP contribution in [0.3, 0.4) is 0 Å². The first-order valence-corrected chi connectivity index (χ1v) is 8.70. The first kappa shape index (κ1) is 18.5. The van der Waals surface area contributed by atoms with Crippen molar-refractivity contribution in [1.82, 2.24) is 9.55 Å². The molecule has 27 heavy (non-hydrogen) atoms. The van der Waals surface area contributed by atoms with Crippen LogP contribution in [-0.4, -0.2) is 20.6 Å². The third-order valence-corrected chi connectivity index (χ3v) is 4.38. The topological polar surface area (TPSA) is 72.2 Å². The van der Waals surface area contributed by atoms with Gasteiger partial charge in [0, 0.05) is 24.1 Å². The minimum atomic E-state index is -1.19. The van der Waals surface area contributed by atoms with Crippen LogP contribution in [0, 0.1) is 5.82 Å². The summed E-state index contributed by atoms with van der Waals surface area (Å²) in [6.07, 6.45) is 3.36. The van der Waals surface area contributed by atoms with E-state index in [0.29, 0.717) is 17.9 Å². The van der Waals surface area contributed by atoms with Gasteiger partial charge in [0.05, 0.1) is 16.6 Å². The van der Waals surface area contributed by atoms with Crippen LogP contribution in [0.5, 0.6) is 0 Å². The normalized spacial score (nSPS) is 11.4. The van der Waals surface area contributed by atoms with Gasteiger partial charge in [0.15, 0.2) is 0 Å². The second-order valence-corrected chi connectivity index (χ2v) is 6.10. The molecule has 0 radical (unpaired) electrons. The summed E-state index contributed by atoms with van der Waals surface area (Å²) in [5.74, 6) is -1.29. The Morgan fingerprint density at radius 1 is 1.19 bits per heavy atom. The first-order chi connectivity index (χ1) is 12.9. The zero-order valence-corrected chi connectivity index (χ0v) is 15.1. The van der Waals surface area contributed by atoms with Crippen molar-refractivity contribution < 1.29 is 14.3 Å². The average Bonchev–Trinajstić information content (AvgIpc) is 2.66. The van der Waals surface area contributed by atoms with Gasteiger partial charge in [0.1, 0.15) is 11.6 Å². The summed E-state index contributed by atoms with van der Waals surface area (Å²) in [5.41, 5.74) is 1.81. The minimum absolute atomic E-state index is 0.0286. The Morgan fingerprint density at radius 2 is 1.89 bits per heavy atom. The minimum Gasteiger partial charge on any atom is -0.478 e. The van der Waals surface area contributed by atoms with Crippen LogP contribution < -0.4 is 5.56 Å². The number of fused-ring (bicyclic) bond motifs is 1. The summed E-state index contributed by atoms with van der Waals surface area (Å²) in [7, 11) is 0. The zero-order chi connectivity index (χ0) is 19.6. The highest BCUT2D eigenvalue weighted by Crippen LogP contribution is 2.19. The van der Waals surface area contributed by atoms with E-state index in [-0.39, 0.29) is 22.0 Å². The summed E-state index contributed by atoms with van der Waals surface area (Å²) in [5, 5.41) is 8.98. The van der Waals surface area contributed by atoms with Crippen molar-refractivity contribution >= 4 is 22.9 Å². The van der Waals surface area contributed by atoms with Gasteiger partial charge in [-0.05, 0) is 36.3 Å². The number of aryl methyl sites for hydroxylation is 2. The van der Waals surface area contributed by atoms with E-state index in [1.54, 1.807) is 0 Å². The summed E-state index contributed by atoms with van der Waals surface area (Å²) in [4.78, 5) is 28.3. The molecule has 0 saturated carbocycles. The maximum absolute atomic E-state index is 14.3. The lowest BCUT2D eigenvalue weighted by Crippen LogP contribution is -2.24. The van der Waals surface area contributed by atoms with Crippen LogP contribution in [0.25, 0.3) is 22.7 Å². The molecule has 1 heterocycles. The summed E-state index contributed by atoms with van der Waals surface area (Å²) >= 11 is 0. The van der Waals surface area contributed by atoms with Crippen molar-refractivity contribution in [2.24, 2.45) is 0 Å². The Bertz CT molecular complexity index is 1100. The van der Waals surface area contributed by atoms with Gasteiger partial charge in [-0.25, -0.2) is 14.2 Å². The lowest BCUT2D eigenvalue weighted by atomic mass is 10.1. The molecule has 6 heteroatoms. The fraction of sp³-hybridized carbons (Fsp3) is 0.190. The lowest BCUT2D eigenvalue weighted by molar-refractivity contribution is -0.131. The molecule has 0 fully saturated rings. The van der Waals surface area contributed by atoms with Gasteiger partial charge in [-0.2, -0.15) is 0 Å². The van der Waals surface area contributed by atoms with Crippen LogP contribution in [-0.2, 0) is 17.6 Å².